The highest BCUT2D eigenvalue weighted by atomic mass is 19.1. The Morgan fingerprint density at radius 3 is 2.55 bits per heavy atom. The van der Waals surface area contributed by atoms with Crippen molar-refractivity contribution < 1.29 is 14.3 Å². The maximum atomic E-state index is 14.9. The fourth-order valence-electron chi connectivity index (χ4n) is 5.49. The van der Waals surface area contributed by atoms with Crippen molar-refractivity contribution >= 4 is 28.6 Å². The Balaban J connectivity index is 1.81. The van der Waals surface area contributed by atoms with Gasteiger partial charge in [0.05, 0.1) is 17.5 Å². The first-order valence-corrected chi connectivity index (χ1v) is 11.8. The van der Waals surface area contributed by atoms with Gasteiger partial charge in [0.2, 0.25) is 5.95 Å². The van der Waals surface area contributed by atoms with Crippen molar-refractivity contribution in [1.29, 1.82) is 0 Å². The standard InChI is InChI=1S/C27H34FN3O2/c1-16(2)18-6-8-20(9-7-18)29-26-30-23-11-19(12-25(32)33)22(28)13-24(23)31(26)21-10-17(3)14-27(4,5)15-21/h6-9,11,13,16-17,21H,10,12,14-15H2,1-5H3,(H,29,30)(H,32,33)/t17-,21-/m1/s1. The first-order chi connectivity index (χ1) is 15.5. The van der Waals surface area contributed by atoms with Crippen LogP contribution in [0, 0.1) is 17.2 Å². The van der Waals surface area contributed by atoms with Crippen molar-refractivity contribution in [3.63, 3.8) is 0 Å². The van der Waals surface area contributed by atoms with E-state index in [-0.39, 0.29) is 23.4 Å². The molecule has 1 heterocycles. The number of halogens is 1. The molecule has 4 rings (SSSR count). The summed E-state index contributed by atoms with van der Waals surface area (Å²) < 4.78 is 17.0. The van der Waals surface area contributed by atoms with Crippen LogP contribution < -0.4 is 5.32 Å². The molecule has 3 aromatic rings. The summed E-state index contributed by atoms with van der Waals surface area (Å²) in [5.41, 5.74) is 3.84. The van der Waals surface area contributed by atoms with E-state index in [0.29, 0.717) is 28.8 Å². The number of imidazole rings is 1. The molecule has 1 aliphatic rings. The van der Waals surface area contributed by atoms with Crippen molar-refractivity contribution in [3.05, 3.63) is 53.3 Å². The van der Waals surface area contributed by atoms with E-state index in [0.717, 1.165) is 24.9 Å². The van der Waals surface area contributed by atoms with Gasteiger partial charge in [-0.15, -0.1) is 0 Å². The van der Waals surface area contributed by atoms with Crippen LogP contribution in [-0.2, 0) is 11.2 Å². The lowest BCUT2D eigenvalue weighted by Crippen LogP contribution is -2.29. The van der Waals surface area contributed by atoms with Crippen LogP contribution >= 0.6 is 0 Å². The van der Waals surface area contributed by atoms with Crippen molar-refractivity contribution in [2.75, 3.05) is 5.32 Å². The molecule has 2 aromatic carbocycles. The highest BCUT2D eigenvalue weighted by molar-refractivity contribution is 5.82. The van der Waals surface area contributed by atoms with Gasteiger partial charge in [-0.1, -0.05) is 46.8 Å². The van der Waals surface area contributed by atoms with Gasteiger partial charge in [0.15, 0.2) is 0 Å². The molecule has 6 heteroatoms. The van der Waals surface area contributed by atoms with E-state index in [1.165, 1.54) is 11.6 Å². The van der Waals surface area contributed by atoms with Gasteiger partial charge in [-0.3, -0.25) is 4.79 Å². The molecule has 1 fully saturated rings. The van der Waals surface area contributed by atoms with Crippen molar-refractivity contribution in [1.82, 2.24) is 9.55 Å². The normalized spacial score (nSPS) is 20.3. The lowest BCUT2D eigenvalue weighted by molar-refractivity contribution is -0.136. The number of rotatable bonds is 6. The largest absolute Gasteiger partial charge is 0.481 e. The molecule has 5 nitrogen and oxygen atoms in total. The second-order valence-electron chi connectivity index (χ2n) is 10.8. The third-order valence-electron chi connectivity index (χ3n) is 6.76. The van der Waals surface area contributed by atoms with Crippen LogP contribution in [0.4, 0.5) is 16.0 Å². The zero-order chi connectivity index (χ0) is 23.9. The van der Waals surface area contributed by atoms with E-state index < -0.39 is 11.8 Å². The fourth-order valence-corrected chi connectivity index (χ4v) is 5.49. The van der Waals surface area contributed by atoms with Crippen molar-refractivity contribution in [3.8, 4) is 0 Å². The van der Waals surface area contributed by atoms with E-state index in [2.05, 4.69) is 56.6 Å². The van der Waals surface area contributed by atoms with Gasteiger partial charge in [-0.05, 0) is 60.3 Å². The summed E-state index contributed by atoms with van der Waals surface area (Å²) in [6.07, 6.45) is 2.77. The van der Waals surface area contributed by atoms with Crippen LogP contribution in [0.2, 0.25) is 0 Å². The molecule has 1 aromatic heterocycles. The zero-order valence-electron chi connectivity index (χ0n) is 20.2. The highest BCUT2D eigenvalue weighted by Crippen LogP contribution is 2.46. The Kier molecular flexibility index (Phi) is 6.21. The van der Waals surface area contributed by atoms with Gasteiger partial charge in [0.1, 0.15) is 5.82 Å². The minimum Gasteiger partial charge on any atom is -0.481 e. The highest BCUT2D eigenvalue weighted by Gasteiger charge is 2.35. The van der Waals surface area contributed by atoms with Crippen LogP contribution in [0.1, 0.15) is 77.0 Å². The molecule has 33 heavy (non-hydrogen) atoms. The molecule has 0 amide bonds. The number of nitrogens with one attached hydrogen (secondary N) is 1. The number of benzene rings is 2. The molecule has 1 aliphatic carbocycles. The Labute approximate surface area is 195 Å². The minimum atomic E-state index is -1.06. The Morgan fingerprint density at radius 2 is 1.94 bits per heavy atom. The van der Waals surface area contributed by atoms with E-state index in [1.807, 2.05) is 12.1 Å². The molecule has 2 N–H and O–H groups in total. The van der Waals surface area contributed by atoms with Crippen LogP contribution in [-0.4, -0.2) is 20.6 Å². The summed E-state index contributed by atoms with van der Waals surface area (Å²) in [6, 6.07) is 11.5. The van der Waals surface area contributed by atoms with E-state index >= 15 is 0 Å². The van der Waals surface area contributed by atoms with Gasteiger partial charge >= 0.3 is 5.97 Å². The number of hydrogen-bond acceptors (Lipinski definition) is 3. The number of anilines is 2. The number of nitrogens with zero attached hydrogens (tertiary/aromatic N) is 2. The van der Waals surface area contributed by atoms with E-state index in [9.17, 15) is 9.18 Å². The van der Waals surface area contributed by atoms with Crippen molar-refractivity contribution in [2.24, 2.45) is 11.3 Å². The van der Waals surface area contributed by atoms with Gasteiger partial charge < -0.3 is 15.0 Å². The zero-order valence-corrected chi connectivity index (χ0v) is 20.2. The Bertz CT molecular complexity index is 1160. The summed E-state index contributed by atoms with van der Waals surface area (Å²) in [7, 11) is 0. The SMILES string of the molecule is CC(C)c1ccc(Nc2nc3cc(CC(=O)O)c(F)cc3n2[C@@H]2C[C@@H](C)CC(C)(C)C2)cc1. The second kappa shape index (κ2) is 8.81. The van der Waals surface area contributed by atoms with Crippen LogP contribution in [0.5, 0.6) is 0 Å². The van der Waals surface area contributed by atoms with Gasteiger partial charge in [0.25, 0.3) is 0 Å². The summed E-state index contributed by atoms with van der Waals surface area (Å²) in [6.45, 7) is 11.2. The molecule has 0 aliphatic heterocycles. The summed E-state index contributed by atoms with van der Waals surface area (Å²) in [5, 5.41) is 12.6. The third-order valence-corrected chi connectivity index (χ3v) is 6.76. The number of carboxylic acids is 1. The summed E-state index contributed by atoms with van der Waals surface area (Å²) in [4.78, 5) is 16.0. The predicted octanol–water partition coefficient (Wildman–Crippen LogP) is 7.06. The molecule has 0 saturated heterocycles. The number of fused-ring (bicyclic) bond motifs is 1. The summed E-state index contributed by atoms with van der Waals surface area (Å²) >= 11 is 0. The molecule has 0 bridgehead atoms. The monoisotopic (exact) mass is 451 g/mol. The molecule has 0 unspecified atom stereocenters. The quantitative estimate of drug-likeness (QED) is 0.421. The topological polar surface area (TPSA) is 67.2 Å². The molecule has 176 valence electrons. The minimum absolute atomic E-state index is 0.157. The van der Waals surface area contributed by atoms with Gasteiger partial charge in [-0.2, -0.15) is 0 Å². The fraction of sp³-hybridized carbons (Fsp3) is 0.481. The molecular weight excluding hydrogens is 417 g/mol. The first kappa shape index (κ1) is 23.3. The lowest BCUT2D eigenvalue weighted by Gasteiger charge is -2.40. The number of aliphatic carboxylic acids is 1. The average Bonchev–Trinajstić information content (AvgIpc) is 3.03. The third kappa shape index (κ3) is 5.05. The predicted molar refractivity (Wildman–Crippen MR) is 131 cm³/mol. The van der Waals surface area contributed by atoms with Crippen LogP contribution in [0.3, 0.4) is 0 Å². The Morgan fingerprint density at radius 1 is 1.24 bits per heavy atom. The maximum Gasteiger partial charge on any atom is 0.307 e. The molecule has 2 atom stereocenters. The van der Waals surface area contributed by atoms with Crippen molar-refractivity contribution in [2.45, 2.75) is 72.3 Å². The lowest BCUT2D eigenvalue weighted by atomic mass is 9.70. The maximum absolute atomic E-state index is 14.9. The summed E-state index contributed by atoms with van der Waals surface area (Å²) in [5.74, 6) is 0.112. The van der Waals surface area contributed by atoms with Gasteiger partial charge in [-0.25, -0.2) is 9.37 Å². The molecule has 0 radical (unpaired) electrons. The molecule has 0 spiro atoms. The van der Waals surface area contributed by atoms with E-state index in [1.54, 1.807) is 6.07 Å². The molecule has 1 saturated carbocycles. The smallest absolute Gasteiger partial charge is 0.307 e. The average molecular weight is 452 g/mol. The number of hydrogen-bond donors (Lipinski definition) is 2. The van der Waals surface area contributed by atoms with E-state index in [4.69, 9.17) is 10.1 Å². The number of carbonyl (C=O) groups is 1. The first-order valence-electron chi connectivity index (χ1n) is 11.8. The van der Waals surface area contributed by atoms with Gasteiger partial charge in [0, 0.05) is 23.4 Å². The second-order valence-corrected chi connectivity index (χ2v) is 10.8. The number of carboxylic acid groups (broad SMARTS) is 1. The Hall–Kier alpha value is -2.89. The number of aromatic nitrogens is 2. The van der Waals surface area contributed by atoms with Crippen LogP contribution in [0.25, 0.3) is 11.0 Å². The van der Waals surface area contributed by atoms with Crippen LogP contribution in [0.15, 0.2) is 36.4 Å². The molecular formula is C27H34FN3O2.